The lowest BCUT2D eigenvalue weighted by Gasteiger charge is -2.15. The van der Waals surface area contributed by atoms with Gasteiger partial charge in [0.2, 0.25) is 11.8 Å². The first-order valence-electron chi connectivity index (χ1n) is 7.38. The smallest absolute Gasteiger partial charge is 0.225 e. The highest BCUT2D eigenvalue weighted by Gasteiger charge is 2.34. The van der Waals surface area contributed by atoms with Gasteiger partial charge in [-0.3, -0.25) is 9.59 Å². The number of likely N-dealkylation sites (tertiary alicyclic amines) is 1. The van der Waals surface area contributed by atoms with Gasteiger partial charge in [0.05, 0.1) is 25.3 Å². The Labute approximate surface area is 123 Å². The Balaban J connectivity index is 1.47. The van der Waals surface area contributed by atoms with Gasteiger partial charge >= 0.3 is 0 Å². The second kappa shape index (κ2) is 6.30. The number of nitrogens with one attached hydrogen (secondary N) is 1. The number of amides is 2. The molecule has 0 spiro atoms. The molecule has 0 aliphatic carbocycles. The predicted octanol–water partition coefficient (Wildman–Crippen LogP) is 0.781. The Bertz CT molecular complexity index is 494. The van der Waals surface area contributed by atoms with Crippen LogP contribution in [-0.2, 0) is 20.9 Å². The number of hydrogen-bond donors (Lipinski definition) is 1. The number of nitrogens with zero attached hydrogens (tertiary/aromatic N) is 1. The van der Waals surface area contributed by atoms with Crippen LogP contribution in [0.15, 0.2) is 22.8 Å². The second-order valence-electron chi connectivity index (χ2n) is 5.73. The summed E-state index contributed by atoms with van der Waals surface area (Å²) in [6.07, 6.45) is 2.87. The van der Waals surface area contributed by atoms with Crippen LogP contribution < -0.4 is 5.32 Å². The third kappa shape index (κ3) is 3.44. The standard InChI is InChI=1S/C15H20N2O4/c18-14-6-12(8-17(14)9-13-2-1-4-21-13)15(19)16-7-11-3-5-20-10-11/h1-2,4,11-12H,3,5-10H2,(H,16,19)/t11-,12-/m0/s1. The summed E-state index contributed by atoms with van der Waals surface area (Å²) in [7, 11) is 0. The Kier molecular flexibility index (Phi) is 4.24. The summed E-state index contributed by atoms with van der Waals surface area (Å²) in [5.41, 5.74) is 0. The Morgan fingerprint density at radius 1 is 1.48 bits per heavy atom. The molecule has 2 aliphatic rings. The van der Waals surface area contributed by atoms with Crippen molar-refractivity contribution in [3.8, 4) is 0 Å². The summed E-state index contributed by atoms with van der Waals surface area (Å²) < 4.78 is 10.5. The SMILES string of the molecule is O=C(NC[C@@H]1CCOC1)[C@H]1CC(=O)N(Cc2ccco2)C1. The zero-order chi connectivity index (χ0) is 14.7. The van der Waals surface area contributed by atoms with Crippen molar-refractivity contribution in [1.82, 2.24) is 10.2 Å². The van der Waals surface area contributed by atoms with Crippen LogP contribution >= 0.6 is 0 Å². The maximum atomic E-state index is 12.1. The molecule has 6 nitrogen and oxygen atoms in total. The van der Waals surface area contributed by atoms with Crippen LogP contribution in [-0.4, -0.2) is 43.0 Å². The summed E-state index contributed by atoms with van der Waals surface area (Å²) >= 11 is 0. The molecule has 2 fully saturated rings. The molecular formula is C15H20N2O4. The molecule has 2 saturated heterocycles. The highest BCUT2D eigenvalue weighted by atomic mass is 16.5. The zero-order valence-corrected chi connectivity index (χ0v) is 11.9. The Morgan fingerprint density at radius 2 is 2.38 bits per heavy atom. The molecule has 0 aromatic carbocycles. The van der Waals surface area contributed by atoms with Gasteiger partial charge in [0.25, 0.3) is 0 Å². The molecule has 0 radical (unpaired) electrons. The van der Waals surface area contributed by atoms with Crippen LogP contribution in [0, 0.1) is 11.8 Å². The van der Waals surface area contributed by atoms with Crippen molar-refractivity contribution in [2.45, 2.75) is 19.4 Å². The van der Waals surface area contributed by atoms with E-state index in [4.69, 9.17) is 9.15 Å². The van der Waals surface area contributed by atoms with Crippen molar-refractivity contribution < 1.29 is 18.7 Å². The number of carbonyl (C=O) groups excluding carboxylic acids is 2. The lowest BCUT2D eigenvalue weighted by atomic mass is 10.1. The highest BCUT2D eigenvalue weighted by Crippen LogP contribution is 2.21. The summed E-state index contributed by atoms with van der Waals surface area (Å²) in [5, 5.41) is 2.95. The van der Waals surface area contributed by atoms with Crippen LogP contribution in [0.2, 0.25) is 0 Å². The van der Waals surface area contributed by atoms with Crippen molar-refractivity contribution in [3.63, 3.8) is 0 Å². The number of ether oxygens (including phenoxy) is 1. The largest absolute Gasteiger partial charge is 0.467 e. The third-order valence-corrected chi connectivity index (χ3v) is 4.10. The van der Waals surface area contributed by atoms with Crippen molar-refractivity contribution >= 4 is 11.8 Å². The molecule has 1 aromatic heterocycles. The predicted molar refractivity (Wildman–Crippen MR) is 74.2 cm³/mol. The maximum Gasteiger partial charge on any atom is 0.225 e. The van der Waals surface area contributed by atoms with E-state index in [2.05, 4.69) is 5.32 Å². The quantitative estimate of drug-likeness (QED) is 0.870. The molecule has 2 aliphatic heterocycles. The first-order valence-corrected chi connectivity index (χ1v) is 7.38. The summed E-state index contributed by atoms with van der Waals surface area (Å²) in [6, 6.07) is 3.63. The van der Waals surface area contributed by atoms with E-state index in [-0.39, 0.29) is 24.2 Å². The number of carbonyl (C=O) groups is 2. The molecule has 3 rings (SSSR count). The molecule has 114 valence electrons. The van der Waals surface area contributed by atoms with E-state index >= 15 is 0 Å². The molecule has 1 aromatic rings. The van der Waals surface area contributed by atoms with Crippen molar-refractivity contribution in [3.05, 3.63) is 24.2 Å². The average Bonchev–Trinajstić information content (AvgIpc) is 3.20. The molecule has 1 N–H and O–H groups in total. The van der Waals surface area contributed by atoms with Gasteiger partial charge in [-0.25, -0.2) is 0 Å². The summed E-state index contributed by atoms with van der Waals surface area (Å²) in [4.78, 5) is 25.8. The lowest BCUT2D eigenvalue weighted by Crippen LogP contribution is -2.36. The fourth-order valence-corrected chi connectivity index (χ4v) is 2.82. The minimum absolute atomic E-state index is 0.00995. The monoisotopic (exact) mass is 292 g/mol. The van der Waals surface area contributed by atoms with E-state index < -0.39 is 0 Å². The van der Waals surface area contributed by atoms with Gasteiger partial charge in [-0.2, -0.15) is 0 Å². The van der Waals surface area contributed by atoms with Gasteiger partial charge in [-0.05, 0) is 18.6 Å². The van der Waals surface area contributed by atoms with E-state index in [1.54, 1.807) is 17.2 Å². The van der Waals surface area contributed by atoms with Crippen LogP contribution in [0.4, 0.5) is 0 Å². The molecule has 6 heteroatoms. The molecule has 2 atom stereocenters. The Hall–Kier alpha value is -1.82. The number of furan rings is 1. The third-order valence-electron chi connectivity index (χ3n) is 4.10. The fraction of sp³-hybridized carbons (Fsp3) is 0.600. The van der Waals surface area contributed by atoms with E-state index in [1.165, 1.54) is 0 Å². The summed E-state index contributed by atoms with van der Waals surface area (Å²) in [6.45, 7) is 3.04. The number of rotatable bonds is 5. The molecule has 0 bridgehead atoms. The van der Waals surface area contributed by atoms with Crippen molar-refractivity contribution in [2.75, 3.05) is 26.3 Å². The topological polar surface area (TPSA) is 71.8 Å². The average molecular weight is 292 g/mol. The highest BCUT2D eigenvalue weighted by molar-refractivity contribution is 5.89. The van der Waals surface area contributed by atoms with E-state index in [1.807, 2.05) is 6.07 Å². The first kappa shape index (κ1) is 14.1. The first-order chi connectivity index (χ1) is 10.2. The fourth-order valence-electron chi connectivity index (χ4n) is 2.82. The zero-order valence-electron chi connectivity index (χ0n) is 11.9. The molecule has 2 amide bonds. The van der Waals surface area contributed by atoms with Gasteiger partial charge in [0.15, 0.2) is 0 Å². The molecule has 0 unspecified atom stereocenters. The van der Waals surface area contributed by atoms with E-state index in [9.17, 15) is 9.59 Å². The van der Waals surface area contributed by atoms with Crippen molar-refractivity contribution in [1.29, 1.82) is 0 Å². The maximum absolute atomic E-state index is 12.1. The van der Waals surface area contributed by atoms with Crippen molar-refractivity contribution in [2.24, 2.45) is 11.8 Å². The number of hydrogen-bond acceptors (Lipinski definition) is 4. The minimum atomic E-state index is -0.255. The van der Waals surface area contributed by atoms with Gasteiger partial charge in [-0.1, -0.05) is 0 Å². The molecular weight excluding hydrogens is 272 g/mol. The normalized spacial score (nSPS) is 25.5. The minimum Gasteiger partial charge on any atom is -0.467 e. The van der Waals surface area contributed by atoms with Gasteiger partial charge in [-0.15, -0.1) is 0 Å². The van der Waals surface area contributed by atoms with Gasteiger partial charge in [0, 0.05) is 32.0 Å². The van der Waals surface area contributed by atoms with Crippen LogP contribution in [0.5, 0.6) is 0 Å². The van der Waals surface area contributed by atoms with Gasteiger partial charge in [0.1, 0.15) is 5.76 Å². The Morgan fingerprint density at radius 3 is 3.10 bits per heavy atom. The van der Waals surface area contributed by atoms with Gasteiger partial charge < -0.3 is 19.4 Å². The second-order valence-corrected chi connectivity index (χ2v) is 5.73. The lowest BCUT2D eigenvalue weighted by molar-refractivity contribution is -0.129. The molecule has 3 heterocycles. The summed E-state index contributed by atoms with van der Waals surface area (Å²) in [5.74, 6) is 0.875. The van der Waals surface area contributed by atoms with E-state index in [0.717, 1.165) is 18.8 Å². The van der Waals surface area contributed by atoms with Crippen LogP contribution in [0.25, 0.3) is 0 Å². The van der Waals surface area contributed by atoms with Crippen LogP contribution in [0.1, 0.15) is 18.6 Å². The van der Waals surface area contributed by atoms with Crippen LogP contribution in [0.3, 0.4) is 0 Å². The molecule has 21 heavy (non-hydrogen) atoms. The molecule has 0 saturated carbocycles. The van der Waals surface area contributed by atoms with E-state index in [0.29, 0.717) is 32.2 Å².